The van der Waals surface area contributed by atoms with Crippen LogP contribution < -0.4 is 15.4 Å². The van der Waals surface area contributed by atoms with Gasteiger partial charge in [-0.2, -0.15) is 0 Å². The van der Waals surface area contributed by atoms with E-state index in [0.717, 1.165) is 30.7 Å². The number of benzene rings is 1. The Labute approximate surface area is 190 Å². The lowest BCUT2D eigenvalue weighted by Gasteiger charge is -2.17. The first kappa shape index (κ1) is 21.0. The molecule has 1 fully saturated rings. The first-order valence-electron chi connectivity index (χ1n) is 10.9. The molecule has 8 heteroatoms. The van der Waals surface area contributed by atoms with Gasteiger partial charge in [-0.15, -0.1) is 0 Å². The highest BCUT2D eigenvalue weighted by atomic mass is 19.1. The van der Waals surface area contributed by atoms with Gasteiger partial charge in [0.15, 0.2) is 11.6 Å². The Morgan fingerprint density at radius 3 is 3.06 bits per heavy atom. The molecule has 2 aromatic heterocycles. The molecule has 0 bridgehead atoms. The molecule has 5 rings (SSSR count). The number of aromatic nitrogens is 2. The van der Waals surface area contributed by atoms with Crippen LogP contribution in [0.15, 0.2) is 36.7 Å². The highest BCUT2D eigenvalue weighted by Gasteiger charge is 2.28. The summed E-state index contributed by atoms with van der Waals surface area (Å²) >= 11 is 0. The molecule has 4 heterocycles. The second-order valence-electron chi connectivity index (χ2n) is 7.87. The van der Waals surface area contributed by atoms with Gasteiger partial charge in [-0.3, -0.25) is 9.78 Å². The van der Waals surface area contributed by atoms with Gasteiger partial charge in [0.1, 0.15) is 6.10 Å². The van der Waals surface area contributed by atoms with Gasteiger partial charge in [-0.25, -0.2) is 4.39 Å². The summed E-state index contributed by atoms with van der Waals surface area (Å²) in [5.41, 5.74) is 4.44. The number of methoxy groups -OCH3 is 1. The van der Waals surface area contributed by atoms with Gasteiger partial charge in [0.05, 0.1) is 35.3 Å². The molecule has 0 unspecified atom stereocenters. The monoisotopic (exact) mass is 446 g/mol. The summed E-state index contributed by atoms with van der Waals surface area (Å²) in [4.78, 5) is 20.5. The Kier molecular flexibility index (Phi) is 5.71. The minimum atomic E-state index is -0.495. The van der Waals surface area contributed by atoms with E-state index in [1.54, 1.807) is 24.5 Å². The number of pyridine rings is 1. The molecule has 2 aliphatic rings. The first-order chi connectivity index (χ1) is 16.2. The van der Waals surface area contributed by atoms with Crippen molar-refractivity contribution < 1.29 is 18.7 Å². The molecule has 1 atom stereocenters. The molecule has 33 heavy (non-hydrogen) atoms. The SMILES string of the molecule is COc1c(F)cccc1Nc1c(-c2ccncc2C#C[C@H]2CCCO2)[nH]c2c1C(=O)NCC2. The number of para-hydroxylation sites is 1. The molecule has 0 saturated carbocycles. The number of nitrogens with zero attached hydrogens (tertiary/aromatic N) is 1. The van der Waals surface area contributed by atoms with Crippen molar-refractivity contribution in [2.24, 2.45) is 0 Å². The van der Waals surface area contributed by atoms with Crippen LogP contribution >= 0.6 is 0 Å². The van der Waals surface area contributed by atoms with Crippen molar-refractivity contribution in [2.75, 3.05) is 25.6 Å². The van der Waals surface area contributed by atoms with Crippen LogP contribution in [0, 0.1) is 17.7 Å². The molecule has 1 aromatic carbocycles. The molecular formula is C25H23FN4O3. The lowest BCUT2D eigenvalue weighted by molar-refractivity contribution is 0.0947. The number of carbonyl (C=O) groups excluding carboxylic acids is 1. The number of anilines is 2. The van der Waals surface area contributed by atoms with Crippen molar-refractivity contribution in [2.45, 2.75) is 25.4 Å². The van der Waals surface area contributed by atoms with Crippen molar-refractivity contribution >= 4 is 17.3 Å². The Bertz CT molecular complexity index is 1270. The van der Waals surface area contributed by atoms with Gasteiger partial charge in [-0.1, -0.05) is 17.9 Å². The number of nitrogens with one attached hydrogen (secondary N) is 3. The topological polar surface area (TPSA) is 88.3 Å². The van der Waals surface area contributed by atoms with E-state index in [1.807, 2.05) is 6.07 Å². The van der Waals surface area contributed by atoms with Crippen LogP contribution in [0.25, 0.3) is 11.3 Å². The predicted octanol–water partition coefficient (Wildman–Crippen LogP) is 3.78. The average molecular weight is 446 g/mol. The van der Waals surface area contributed by atoms with Gasteiger partial charge >= 0.3 is 0 Å². The summed E-state index contributed by atoms with van der Waals surface area (Å²) in [5, 5.41) is 6.13. The Balaban J connectivity index is 1.64. The molecule has 0 spiro atoms. The fourth-order valence-corrected chi connectivity index (χ4v) is 4.22. The summed E-state index contributed by atoms with van der Waals surface area (Å²) in [6.45, 7) is 1.26. The number of carbonyl (C=O) groups is 1. The number of hydrogen-bond donors (Lipinski definition) is 3. The quantitative estimate of drug-likeness (QED) is 0.531. The maximum Gasteiger partial charge on any atom is 0.255 e. The number of rotatable bonds is 4. The first-order valence-corrected chi connectivity index (χ1v) is 10.9. The zero-order chi connectivity index (χ0) is 22.8. The Morgan fingerprint density at radius 2 is 2.24 bits per heavy atom. The molecule has 1 saturated heterocycles. The van der Waals surface area contributed by atoms with Crippen LogP contribution in [0.2, 0.25) is 0 Å². The minimum Gasteiger partial charge on any atom is -0.492 e. The van der Waals surface area contributed by atoms with Crippen molar-refractivity contribution in [3.05, 3.63) is 59.3 Å². The Hall–Kier alpha value is -3.83. The molecule has 3 N–H and O–H groups in total. The van der Waals surface area contributed by atoms with Gasteiger partial charge in [-0.05, 0) is 31.0 Å². The second-order valence-corrected chi connectivity index (χ2v) is 7.87. The summed E-state index contributed by atoms with van der Waals surface area (Å²) in [7, 11) is 1.41. The van der Waals surface area contributed by atoms with Crippen LogP contribution in [-0.2, 0) is 11.2 Å². The Morgan fingerprint density at radius 1 is 1.33 bits per heavy atom. The van der Waals surface area contributed by atoms with E-state index in [1.165, 1.54) is 13.2 Å². The molecular weight excluding hydrogens is 423 g/mol. The molecule has 168 valence electrons. The van der Waals surface area contributed by atoms with E-state index in [0.29, 0.717) is 41.2 Å². The number of H-pyrrole nitrogens is 1. The fraction of sp³-hybridized carbons (Fsp3) is 0.280. The molecule has 7 nitrogen and oxygen atoms in total. The highest BCUT2D eigenvalue weighted by molar-refractivity contribution is 6.06. The van der Waals surface area contributed by atoms with Crippen LogP contribution in [0.3, 0.4) is 0 Å². The maximum absolute atomic E-state index is 14.3. The van der Waals surface area contributed by atoms with E-state index in [4.69, 9.17) is 9.47 Å². The zero-order valence-electron chi connectivity index (χ0n) is 18.1. The summed E-state index contributed by atoms with van der Waals surface area (Å²) in [6, 6.07) is 6.47. The number of ether oxygens (including phenoxy) is 2. The van der Waals surface area contributed by atoms with Crippen LogP contribution in [0.5, 0.6) is 5.75 Å². The van der Waals surface area contributed by atoms with E-state index in [-0.39, 0.29) is 17.8 Å². The lowest BCUT2D eigenvalue weighted by Crippen LogP contribution is -2.31. The average Bonchev–Trinajstić information content (AvgIpc) is 3.47. The van der Waals surface area contributed by atoms with Crippen molar-refractivity contribution in [3.8, 4) is 28.8 Å². The standard InChI is InChI=1S/C25H23FN4O3/c1-32-24-18(26)5-2-6-20(24)30-23-21-19(10-12-28-25(21)31)29-22(23)17-9-11-27-14-15(17)7-8-16-4-3-13-33-16/h2,5-6,9,11,14,16,29-30H,3-4,10,12-13H2,1H3,(H,28,31)/t16-/m1/s1. The number of halogens is 1. The molecule has 1 amide bonds. The largest absolute Gasteiger partial charge is 0.492 e. The molecule has 3 aromatic rings. The molecule has 0 aliphatic carbocycles. The van der Waals surface area contributed by atoms with Crippen molar-refractivity contribution in [3.63, 3.8) is 0 Å². The summed E-state index contributed by atoms with van der Waals surface area (Å²) in [5.74, 6) is 5.76. The third kappa shape index (κ3) is 4.03. The summed E-state index contributed by atoms with van der Waals surface area (Å²) < 4.78 is 25.2. The van der Waals surface area contributed by atoms with Gasteiger partial charge in [0.2, 0.25) is 0 Å². The number of fused-ring (bicyclic) bond motifs is 1. The second kappa shape index (κ2) is 8.96. The normalized spacial score (nSPS) is 17.0. The molecule has 2 aliphatic heterocycles. The third-order valence-corrected chi connectivity index (χ3v) is 5.78. The van der Waals surface area contributed by atoms with Crippen LogP contribution in [-0.4, -0.2) is 42.2 Å². The maximum atomic E-state index is 14.3. The van der Waals surface area contributed by atoms with Gasteiger partial charge < -0.3 is 25.1 Å². The third-order valence-electron chi connectivity index (χ3n) is 5.78. The number of aromatic amines is 1. The lowest BCUT2D eigenvalue weighted by atomic mass is 10.0. The number of amides is 1. The predicted molar refractivity (Wildman–Crippen MR) is 122 cm³/mol. The molecule has 0 radical (unpaired) electrons. The van der Waals surface area contributed by atoms with E-state index in [9.17, 15) is 9.18 Å². The van der Waals surface area contributed by atoms with E-state index >= 15 is 0 Å². The zero-order valence-corrected chi connectivity index (χ0v) is 18.1. The van der Waals surface area contributed by atoms with E-state index < -0.39 is 5.82 Å². The van der Waals surface area contributed by atoms with Crippen molar-refractivity contribution in [1.82, 2.24) is 15.3 Å². The van der Waals surface area contributed by atoms with Gasteiger partial charge in [0, 0.05) is 43.2 Å². The minimum absolute atomic E-state index is 0.0720. The van der Waals surface area contributed by atoms with E-state index in [2.05, 4.69) is 32.4 Å². The van der Waals surface area contributed by atoms with Gasteiger partial charge in [0.25, 0.3) is 5.91 Å². The van der Waals surface area contributed by atoms with Crippen LogP contribution in [0.4, 0.5) is 15.8 Å². The smallest absolute Gasteiger partial charge is 0.255 e. The fourth-order valence-electron chi connectivity index (χ4n) is 4.22. The number of hydrogen-bond acceptors (Lipinski definition) is 5. The van der Waals surface area contributed by atoms with Crippen molar-refractivity contribution in [1.29, 1.82) is 0 Å². The highest BCUT2D eigenvalue weighted by Crippen LogP contribution is 2.40. The van der Waals surface area contributed by atoms with Crippen LogP contribution in [0.1, 0.15) is 34.5 Å². The summed E-state index contributed by atoms with van der Waals surface area (Å²) in [6.07, 6.45) is 5.85.